The number of sulfonamides is 1. The van der Waals surface area contributed by atoms with E-state index in [1.165, 1.54) is 11.4 Å². The third-order valence-corrected chi connectivity index (χ3v) is 5.57. The van der Waals surface area contributed by atoms with Crippen LogP contribution in [0, 0.1) is 0 Å². The molecule has 21 heavy (non-hydrogen) atoms. The first-order chi connectivity index (χ1) is 9.94. The van der Waals surface area contributed by atoms with Gasteiger partial charge >= 0.3 is 0 Å². The van der Waals surface area contributed by atoms with Gasteiger partial charge in [0, 0.05) is 20.1 Å². The molecule has 0 spiro atoms. The fourth-order valence-electron chi connectivity index (χ4n) is 2.51. The molecule has 2 atom stereocenters. The van der Waals surface area contributed by atoms with Gasteiger partial charge in [0.25, 0.3) is 0 Å². The highest BCUT2D eigenvalue weighted by atomic mass is 32.2. The Kier molecular flexibility index (Phi) is 4.97. The summed E-state index contributed by atoms with van der Waals surface area (Å²) in [4.78, 5) is 11.5. The minimum atomic E-state index is -3.54. The van der Waals surface area contributed by atoms with Crippen LogP contribution in [0.3, 0.4) is 0 Å². The SMILES string of the molecule is CO[C@H]1C[C@@H](C(N)=O)N(S(=O)(=O)CCc2ccccc2)C1. The Labute approximate surface area is 124 Å². The molecule has 0 unspecified atom stereocenters. The van der Waals surface area contributed by atoms with Crippen molar-refractivity contribution < 1.29 is 17.9 Å². The van der Waals surface area contributed by atoms with Gasteiger partial charge in [0.05, 0.1) is 11.9 Å². The Morgan fingerprint density at radius 3 is 2.62 bits per heavy atom. The minimum Gasteiger partial charge on any atom is -0.380 e. The molecule has 1 amide bonds. The molecule has 0 aromatic heterocycles. The summed E-state index contributed by atoms with van der Waals surface area (Å²) >= 11 is 0. The van der Waals surface area contributed by atoms with Gasteiger partial charge in [0.15, 0.2) is 0 Å². The molecule has 116 valence electrons. The molecule has 1 heterocycles. The van der Waals surface area contributed by atoms with E-state index in [1.54, 1.807) is 0 Å². The lowest BCUT2D eigenvalue weighted by atomic mass is 10.2. The average Bonchev–Trinajstić information content (AvgIpc) is 2.92. The van der Waals surface area contributed by atoms with Gasteiger partial charge in [-0.15, -0.1) is 0 Å². The van der Waals surface area contributed by atoms with Gasteiger partial charge in [-0.1, -0.05) is 30.3 Å². The van der Waals surface area contributed by atoms with Crippen molar-refractivity contribution in [2.75, 3.05) is 19.4 Å². The summed E-state index contributed by atoms with van der Waals surface area (Å²) in [5.74, 6) is -0.671. The smallest absolute Gasteiger partial charge is 0.235 e. The van der Waals surface area contributed by atoms with E-state index in [2.05, 4.69) is 0 Å². The minimum absolute atomic E-state index is 0.0444. The predicted octanol–water partition coefficient (Wildman–Crippen LogP) is 0.134. The number of ether oxygens (including phenoxy) is 1. The number of nitrogens with two attached hydrogens (primary N) is 1. The van der Waals surface area contributed by atoms with Crippen molar-refractivity contribution in [1.82, 2.24) is 4.31 Å². The number of amides is 1. The number of nitrogens with zero attached hydrogens (tertiary/aromatic N) is 1. The molecule has 0 aliphatic carbocycles. The van der Waals surface area contributed by atoms with E-state index in [-0.39, 0.29) is 18.4 Å². The highest BCUT2D eigenvalue weighted by molar-refractivity contribution is 7.89. The predicted molar refractivity (Wildman–Crippen MR) is 79.0 cm³/mol. The lowest BCUT2D eigenvalue weighted by Gasteiger charge is -2.21. The Hall–Kier alpha value is -1.44. The normalized spacial score (nSPS) is 23.3. The maximum atomic E-state index is 12.4. The van der Waals surface area contributed by atoms with Gasteiger partial charge in [0.1, 0.15) is 6.04 Å². The molecule has 2 rings (SSSR count). The zero-order valence-electron chi connectivity index (χ0n) is 11.9. The number of primary amides is 1. The lowest BCUT2D eigenvalue weighted by Crippen LogP contribution is -2.44. The summed E-state index contributed by atoms with van der Waals surface area (Å²) in [6, 6.07) is 8.56. The van der Waals surface area contributed by atoms with Gasteiger partial charge in [0.2, 0.25) is 15.9 Å². The zero-order valence-corrected chi connectivity index (χ0v) is 12.8. The van der Waals surface area contributed by atoms with Crippen LogP contribution in [-0.4, -0.2) is 50.2 Å². The summed E-state index contributed by atoms with van der Waals surface area (Å²) in [6.07, 6.45) is 0.438. The standard InChI is InChI=1S/C14H20N2O4S/c1-20-12-9-13(14(15)17)16(10-12)21(18,19)8-7-11-5-3-2-4-6-11/h2-6,12-13H,7-10H2,1H3,(H2,15,17)/t12-,13-/m0/s1. The molecular weight excluding hydrogens is 292 g/mol. The Bertz CT molecular complexity index is 588. The van der Waals surface area contributed by atoms with Crippen molar-refractivity contribution in [3.05, 3.63) is 35.9 Å². The second kappa shape index (κ2) is 6.55. The summed E-state index contributed by atoms with van der Waals surface area (Å²) in [6.45, 7) is 0.182. The number of rotatable bonds is 6. The Morgan fingerprint density at radius 2 is 2.05 bits per heavy atom. The van der Waals surface area contributed by atoms with Crippen LogP contribution >= 0.6 is 0 Å². The summed E-state index contributed by atoms with van der Waals surface area (Å²) in [7, 11) is -2.04. The Balaban J connectivity index is 2.09. The van der Waals surface area contributed by atoms with Crippen molar-refractivity contribution in [1.29, 1.82) is 0 Å². The molecule has 1 saturated heterocycles. The zero-order chi connectivity index (χ0) is 15.5. The van der Waals surface area contributed by atoms with E-state index in [1.807, 2.05) is 30.3 Å². The maximum Gasteiger partial charge on any atom is 0.235 e. The van der Waals surface area contributed by atoms with Crippen molar-refractivity contribution >= 4 is 15.9 Å². The van der Waals surface area contributed by atoms with E-state index in [9.17, 15) is 13.2 Å². The number of aryl methyl sites for hydroxylation is 1. The molecule has 1 aromatic carbocycles. The topological polar surface area (TPSA) is 89.7 Å². The highest BCUT2D eigenvalue weighted by Gasteiger charge is 2.42. The van der Waals surface area contributed by atoms with Gasteiger partial charge in [-0.25, -0.2) is 8.42 Å². The van der Waals surface area contributed by atoms with Crippen LogP contribution in [0.25, 0.3) is 0 Å². The van der Waals surface area contributed by atoms with Crippen molar-refractivity contribution in [3.63, 3.8) is 0 Å². The number of benzene rings is 1. The molecule has 1 aliphatic rings. The number of hydrogen-bond donors (Lipinski definition) is 1. The molecule has 0 saturated carbocycles. The second-order valence-electron chi connectivity index (χ2n) is 5.13. The molecule has 1 fully saturated rings. The number of methoxy groups -OCH3 is 1. The van der Waals surface area contributed by atoms with Crippen LogP contribution in [0.2, 0.25) is 0 Å². The largest absolute Gasteiger partial charge is 0.380 e. The van der Waals surface area contributed by atoms with E-state index in [0.717, 1.165) is 5.56 Å². The average molecular weight is 312 g/mol. The summed E-state index contributed by atoms with van der Waals surface area (Å²) in [5, 5.41) is 0. The fourth-order valence-corrected chi connectivity index (χ4v) is 4.21. The number of hydrogen-bond acceptors (Lipinski definition) is 4. The van der Waals surface area contributed by atoms with E-state index < -0.39 is 22.0 Å². The number of carbonyl (C=O) groups excluding carboxylic acids is 1. The third-order valence-electron chi connectivity index (χ3n) is 3.73. The first kappa shape index (κ1) is 15.9. The van der Waals surface area contributed by atoms with Gasteiger partial charge in [-0.2, -0.15) is 4.31 Å². The van der Waals surface area contributed by atoms with Gasteiger partial charge in [-0.3, -0.25) is 4.79 Å². The van der Waals surface area contributed by atoms with Gasteiger partial charge in [-0.05, 0) is 12.0 Å². The fraction of sp³-hybridized carbons (Fsp3) is 0.500. The van der Waals surface area contributed by atoms with E-state index in [4.69, 9.17) is 10.5 Å². The monoisotopic (exact) mass is 312 g/mol. The maximum absolute atomic E-state index is 12.4. The third kappa shape index (κ3) is 3.81. The first-order valence-electron chi connectivity index (χ1n) is 6.79. The van der Waals surface area contributed by atoms with Crippen LogP contribution in [0.1, 0.15) is 12.0 Å². The molecule has 2 N–H and O–H groups in total. The van der Waals surface area contributed by atoms with Crippen molar-refractivity contribution in [3.8, 4) is 0 Å². The molecule has 0 bridgehead atoms. The van der Waals surface area contributed by atoms with Crippen molar-refractivity contribution in [2.24, 2.45) is 5.73 Å². The summed E-state index contributed by atoms with van der Waals surface area (Å²) < 4.78 is 31.2. The van der Waals surface area contributed by atoms with Crippen molar-refractivity contribution in [2.45, 2.75) is 25.0 Å². The van der Waals surface area contributed by atoms with E-state index >= 15 is 0 Å². The number of carbonyl (C=O) groups is 1. The second-order valence-corrected chi connectivity index (χ2v) is 7.17. The van der Waals surface area contributed by atoms with Crippen LogP contribution < -0.4 is 5.73 Å². The lowest BCUT2D eigenvalue weighted by molar-refractivity contribution is -0.121. The van der Waals surface area contributed by atoms with Crippen LogP contribution in [-0.2, 0) is 26.0 Å². The first-order valence-corrected chi connectivity index (χ1v) is 8.40. The summed E-state index contributed by atoms with van der Waals surface area (Å²) in [5.41, 5.74) is 6.25. The molecule has 6 nitrogen and oxygen atoms in total. The molecule has 7 heteroatoms. The Morgan fingerprint density at radius 1 is 1.38 bits per heavy atom. The highest BCUT2D eigenvalue weighted by Crippen LogP contribution is 2.24. The molecule has 1 aliphatic heterocycles. The molecule has 1 aromatic rings. The quantitative estimate of drug-likeness (QED) is 0.808. The van der Waals surface area contributed by atoms with Crippen LogP contribution in [0.4, 0.5) is 0 Å². The molecular formula is C14H20N2O4S. The van der Waals surface area contributed by atoms with Crippen LogP contribution in [0.5, 0.6) is 0 Å². The molecule has 0 radical (unpaired) electrons. The van der Waals surface area contributed by atoms with E-state index in [0.29, 0.717) is 12.8 Å². The van der Waals surface area contributed by atoms with Gasteiger partial charge < -0.3 is 10.5 Å². The van der Waals surface area contributed by atoms with Crippen LogP contribution in [0.15, 0.2) is 30.3 Å².